The summed E-state index contributed by atoms with van der Waals surface area (Å²) in [6, 6.07) is 12.0. The van der Waals surface area contributed by atoms with Gasteiger partial charge >= 0.3 is 17.6 Å². The number of hydrogen-bond acceptors (Lipinski definition) is 5. The molecule has 10 heteroatoms. The fraction of sp³-hybridized carbons (Fsp3) is 0.0588. The lowest BCUT2D eigenvalue weighted by molar-refractivity contribution is -0.396. The van der Waals surface area contributed by atoms with Crippen LogP contribution in [-0.2, 0) is 6.18 Å². The molecule has 0 heterocycles. The third-order valence-electron chi connectivity index (χ3n) is 3.71. The Bertz CT molecular complexity index is 1030. The van der Waals surface area contributed by atoms with E-state index in [-0.39, 0.29) is 17.9 Å². The topological polar surface area (TPSA) is 95.5 Å². The van der Waals surface area contributed by atoms with Crippen LogP contribution in [0.1, 0.15) is 5.56 Å². The highest BCUT2D eigenvalue weighted by Gasteiger charge is 2.38. The van der Waals surface area contributed by atoms with E-state index >= 15 is 0 Å². The van der Waals surface area contributed by atoms with Gasteiger partial charge in [0, 0.05) is 12.1 Å². The van der Waals surface area contributed by atoms with Gasteiger partial charge in [-0.25, -0.2) is 0 Å². The summed E-state index contributed by atoms with van der Waals surface area (Å²) in [5.74, 6) is -0.854. The molecule has 3 aromatic carbocycles. The molecular formula is C17H9F3N2O5. The Balaban J connectivity index is 2.17. The molecule has 0 aliphatic carbocycles. The Morgan fingerprint density at radius 3 is 1.89 bits per heavy atom. The number of alkyl halides is 3. The summed E-state index contributed by atoms with van der Waals surface area (Å²) >= 11 is 0. The first-order chi connectivity index (χ1) is 12.7. The Hall–Kier alpha value is -3.69. The van der Waals surface area contributed by atoms with Gasteiger partial charge in [-0.15, -0.1) is 0 Å². The standard InChI is InChI=1S/C17H9F3N2O5/c18-17(19,20)12-8-14(21(23)24)16(15(9-12)22(25)26)27-13-6-5-10-3-1-2-4-11(10)7-13/h1-9H. The molecule has 0 aliphatic heterocycles. The van der Waals surface area contributed by atoms with Crippen LogP contribution in [0.15, 0.2) is 54.6 Å². The summed E-state index contributed by atoms with van der Waals surface area (Å²) in [5, 5.41) is 23.9. The second-order valence-corrected chi connectivity index (χ2v) is 5.47. The van der Waals surface area contributed by atoms with Crippen molar-refractivity contribution in [3.8, 4) is 11.5 Å². The van der Waals surface area contributed by atoms with Gasteiger partial charge in [-0.05, 0) is 22.9 Å². The fourth-order valence-corrected chi connectivity index (χ4v) is 2.49. The van der Waals surface area contributed by atoms with Gasteiger partial charge < -0.3 is 4.74 Å². The van der Waals surface area contributed by atoms with Crippen molar-refractivity contribution in [2.75, 3.05) is 0 Å². The Kier molecular flexibility index (Phi) is 4.40. The van der Waals surface area contributed by atoms with Crippen LogP contribution in [0.25, 0.3) is 10.8 Å². The van der Waals surface area contributed by atoms with Crippen LogP contribution in [-0.4, -0.2) is 9.85 Å². The zero-order valence-corrected chi connectivity index (χ0v) is 13.3. The number of ether oxygens (including phenoxy) is 1. The molecule has 0 atom stereocenters. The fourth-order valence-electron chi connectivity index (χ4n) is 2.49. The van der Waals surface area contributed by atoms with Crippen LogP contribution in [0, 0.1) is 20.2 Å². The third kappa shape index (κ3) is 3.64. The van der Waals surface area contributed by atoms with Gasteiger partial charge in [0.25, 0.3) is 5.75 Å². The second kappa shape index (κ2) is 6.56. The Morgan fingerprint density at radius 1 is 0.815 bits per heavy atom. The molecule has 7 nitrogen and oxygen atoms in total. The van der Waals surface area contributed by atoms with Crippen LogP contribution in [0.4, 0.5) is 24.5 Å². The SMILES string of the molecule is O=[N+]([O-])c1cc(C(F)(F)F)cc([N+](=O)[O-])c1Oc1ccc2ccccc2c1. The largest absolute Gasteiger partial charge is 0.444 e. The maximum absolute atomic E-state index is 12.9. The van der Waals surface area contributed by atoms with Crippen molar-refractivity contribution < 1.29 is 27.8 Å². The molecular weight excluding hydrogens is 369 g/mol. The lowest BCUT2D eigenvalue weighted by Crippen LogP contribution is -2.08. The Labute approximate surface area is 148 Å². The van der Waals surface area contributed by atoms with Gasteiger partial charge in [0.1, 0.15) is 5.75 Å². The average molecular weight is 378 g/mol. The van der Waals surface area contributed by atoms with Gasteiger partial charge in [0.15, 0.2) is 0 Å². The number of nitro benzene ring substituents is 2. The van der Waals surface area contributed by atoms with Crippen molar-refractivity contribution >= 4 is 22.1 Å². The lowest BCUT2D eigenvalue weighted by atomic mass is 10.1. The molecule has 0 aromatic heterocycles. The normalized spacial score (nSPS) is 11.4. The minimum Gasteiger partial charge on any atom is -0.444 e. The molecule has 0 spiro atoms. The first-order valence-corrected chi connectivity index (χ1v) is 7.37. The molecule has 0 unspecified atom stereocenters. The smallest absolute Gasteiger partial charge is 0.416 e. The molecule has 138 valence electrons. The third-order valence-corrected chi connectivity index (χ3v) is 3.71. The summed E-state index contributed by atoms with van der Waals surface area (Å²) in [4.78, 5) is 20.1. The highest BCUT2D eigenvalue weighted by atomic mass is 19.4. The van der Waals surface area contributed by atoms with Gasteiger partial charge in [-0.3, -0.25) is 20.2 Å². The number of rotatable bonds is 4. The molecule has 27 heavy (non-hydrogen) atoms. The number of fused-ring (bicyclic) bond motifs is 1. The summed E-state index contributed by atoms with van der Waals surface area (Å²) in [6.07, 6.45) is -4.99. The number of hydrogen-bond donors (Lipinski definition) is 0. The van der Waals surface area contributed by atoms with E-state index in [1.807, 2.05) is 0 Å². The molecule has 3 rings (SSSR count). The van der Waals surface area contributed by atoms with Crippen LogP contribution >= 0.6 is 0 Å². The van der Waals surface area contributed by atoms with Gasteiger partial charge in [0.05, 0.1) is 15.4 Å². The quantitative estimate of drug-likeness (QED) is 0.443. The predicted octanol–water partition coefficient (Wildman–Crippen LogP) is 5.47. The van der Waals surface area contributed by atoms with Crippen molar-refractivity contribution in [1.82, 2.24) is 0 Å². The summed E-state index contributed by atoms with van der Waals surface area (Å²) in [5.41, 5.74) is -3.80. The zero-order valence-electron chi connectivity index (χ0n) is 13.3. The van der Waals surface area contributed by atoms with E-state index in [9.17, 15) is 33.4 Å². The molecule has 0 amide bonds. The van der Waals surface area contributed by atoms with E-state index in [4.69, 9.17) is 4.74 Å². The highest BCUT2D eigenvalue weighted by Crippen LogP contribution is 2.44. The molecule has 0 bridgehead atoms. The van der Waals surface area contributed by atoms with Crippen molar-refractivity contribution in [3.05, 3.63) is 80.4 Å². The van der Waals surface area contributed by atoms with E-state index < -0.39 is 38.7 Å². The van der Waals surface area contributed by atoms with Crippen LogP contribution in [0.5, 0.6) is 11.5 Å². The van der Waals surface area contributed by atoms with E-state index in [1.54, 1.807) is 30.3 Å². The minimum absolute atomic E-state index is 0.0136. The molecule has 0 N–H and O–H groups in total. The van der Waals surface area contributed by atoms with Crippen molar-refractivity contribution in [1.29, 1.82) is 0 Å². The van der Waals surface area contributed by atoms with Crippen LogP contribution in [0.3, 0.4) is 0 Å². The molecule has 0 saturated carbocycles. The highest BCUT2D eigenvalue weighted by molar-refractivity contribution is 5.84. The summed E-state index contributed by atoms with van der Waals surface area (Å²) in [7, 11) is 0. The maximum atomic E-state index is 12.9. The number of halogens is 3. The van der Waals surface area contributed by atoms with E-state index in [2.05, 4.69) is 0 Å². The monoisotopic (exact) mass is 378 g/mol. The van der Waals surface area contributed by atoms with Gasteiger partial charge in [-0.2, -0.15) is 13.2 Å². The minimum atomic E-state index is -4.99. The molecule has 0 fully saturated rings. The summed E-state index contributed by atoms with van der Waals surface area (Å²) < 4.78 is 44.1. The van der Waals surface area contributed by atoms with Crippen LogP contribution in [0.2, 0.25) is 0 Å². The van der Waals surface area contributed by atoms with Crippen LogP contribution < -0.4 is 4.74 Å². The zero-order chi connectivity index (χ0) is 19.8. The molecule has 0 radical (unpaired) electrons. The van der Waals surface area contributed by atoms with Gasteiger partial charge in [0.2, 0.25) is 0 Å². The van der Waals surface area contributed by atoms with E-state index in [0.717, 1.165) is 5.39 Å². The van der Waals surface area contributed by atoms with Crippen molar-refractivity contribution in [3.63, 3.8) is 0 Å². The number of benzene rings is 3. The molecule has 3 aromatic rings. The van der Waals surface area contributed by atoms with E-state index in [1.165, 1.54) is 12.1 Å². The van der Waals surface area contributed by atoms with Crippen molar-refractivity contribution in [2.24, 2.45) is 0 Å². The second-order valence-electron chi connectivity index (χ2n) is 5.47. The molecule has 0 saturated heterocycles. The number of nitrogens with zero attached hydrogens (tertiary/aromatic N) is 2. The first-order valence-electron chi connectivity index (χ1n) is 7.37. The average Bonchev–Trinajstić information content (AvgIpc) is 2.60. The maximum Gasteiger partial charge on any atom is 0.416 e. The lowest BCUT2D eigenvalue weighted by Gasteiger charge is -2.11. The van der Waals surface area contributed by atoms with Gasteiger partial charge in [-0.1, -0.05) is 30.3 Å². The number of nitro groups is 2. The first kappa shape index (κ1) is 18.1. The molecule has 0 aliphatic rings. The summed E-state index contributed by atoms with van der Waals surface area (Å²) in [6.45, 7) is 0. The van der Waals surface area contributed by atoms with Crippen molar-refractivity contribution in [2.45, 2.75) is 6.18 Å². The predicted molar refractivity (Wildman–Crippen MR) is 88.8 cm³/mol. The van der Waals surface area contributed by atoms with E-state index in [0.29, 0.717) is 5.39 Å². The Morgan fingerprint density at radius 2 is 1.37 bits per heavy atom.